The monoisotopic (exact) mass is 399 g/mol. The van der Waals surface area contributed by atoms with Crippen molar-refractivity contribution in [3.63, 3.8) is 0 Å². The van der Waals surface area contributed by atoms with Crippen molar-refractivity contribution in [1.29, 1.82) is 0 Å². The number of rotatable bonds is 6. The van der Waals surface area contributed by atoms with Gasteiger partial charge in [0.05, 0.1) is 24.2 Å². The van der Waals surface area contributed by atoms with Gasteiger partial charge in [-0.2, -0.15) is 8.42 Å². The molecule has 0 N–H and O–H groups in total. The van der Waals surface area contributed by atoms with Crippen LogP contribution in [-0.4, -0.2) is 57.4 Å². The van der Waals surface area contributed by atoms with Gasteiger partial charge in [0.15, 0.2) is 0 Å². The Balaban J connectivity index is 1.70. The molecule has 1 saturated heterocycles. The average molecular weight is 400 g/mol. The maximum atomic E-state index is 12.2. The van der Waals surface area contributed by atoms with Gasteiger partial charge in [0.25, 0.3) is 10.1 Å². The topological polar surface area (TPSA) is 82.1 Å². The van der Waals surface area contributed by atoms with Gasteiger partial charge < -0.3 is 14.4 Å². The second kappa shape index (κ2) is 9.03. The first-order valence-corrected chi connectivity index (χ1v) is 10.5. The van der Waals surface area contributed by atoms with Crippen LogP contribution in [0.4, 0.5) is 4.79 Å². The van der Waals surface area contributed by atoms with Gasteiger partial charge in [0.2, 0.25) is 0 Å². The minimum atomic E-state index is -3.78. The molecule has 1 amide bonds. The summed E-state index contributed by atoms with van der Waals surface area (Å²) in [6.07, 6.45) is 1.04. The third-order valence-corrected chi connectivity index (χ3v) is 5.61. The molecular formula is C19H29NO6S. The minimum Gasteiger partial charge on any atom is -0.444 e. The molecule has 0 aromatic heterocycles. The van der Waals surface area contributed by atoms with Gasteiger partial charge in [-0.1, -0.05) is 18.2 Å². The second-order valence-electron chi connectivity index (χ2n) is 7.58. The summed E-state index contributed by atoms with van der Waals surface area (Å²) in [6, 6.07) is 6.70. The van der Waals surface area contributed by atoms with Gasteiger partial charge in [-0.3, -0.25) is 4.18 Å². The molecule has 152 valence electrons. The van der Waals surface area contributed by atoms with Crippen LogP contribution in [0.1, 0.15) is 39.2 Å². The van der Waals surface area contributed by atoms with Gasteiger partial charge in [-0.05, 0) is 52.2 Å². The van der Waals surface area contributed by atoms with E-state index in [1.807, 2.05) is 20.8 Å². The van der Waals surface area contributed by atoms with Crippen molar-refractivity contribution in [2.45, 2.75) is 57.1 Å². The maximum absolute atomic E-state index is 12.2. The SMILES string of the molecule is Cc1ccccc1S(=O)(=O)OCCOC1CCN(C(=O)OC(C)(C)C)CC1. The Kier molecular flexibility index (Phi) is 7.25. The Hall–Kier alpha value is -1.64. The molecule has 0 bridgehead atoms. The molecular weight excluding hydrogens is 370 g/mol. The molecule has 0 saturated carbocycles. The van der Waals surface area contributed by atoms with E-state index in [9.17, 15) is 13.2 Å². The van der Waals surface area contributed by atoms with Gasteiger partial charge >= 0.3 is 6.09 Å². The molecule has 1 heterocycles. The lowest BCUT2D eigenvalue weighted by Gasteiger charge is -2.33. The van der Waals surface area contributed by atoms with Crippen LogP contribution in [0.5, 0.6) is 0 Å². The van der Waals surface area contributed by atoms with E-state index >= 15 is 0 Å². The fourth-order valence-corrected chi connectivity index (χ4v) is 3.91. The van der Waals surface area contributed by atoms with E-state index in [1.165, 1.54) is 6.07 Å². The highest BCUT2D eigenvalue weighted by Crippen LogP contribution is 2.19. The Bertz CT molecular complexity index is 733. The molecule has 7 nitrogen and oxygen atoms in total. The molecule has 1 aromatic carbocycles. The van der Waals surface area contributed by atoms with E-state index in [1.54, 1.807) is 30.0 Å². The number of hydrogen-bond donors (Lipinski definition) is 0. The third-order valence-electron chi connectivity index (χ3n) is 4.13. The second-order valence-corrected chi connectivity index (χ2v) is 9.16. The number of benzene rings is 1. The summed E-state index contributed by atoms with van der Waals surface area (Å²) in [7, 11) is -3.78. The normalized spacial score (nSPS) is 16.4. The van der Waals surface area contributed by atoms with E-state index in [0.29, 0.717) is 31.5 Å². The third kappa shape index (κ3) is 6.79. The summed E-state index contributed by atoms with van der Waals surface area (Å²) in [4.78, 5) is 13.9. The lowest BCUT2D eigenvalue weighted by atomic mass is 10.1. The molecule has 27 heavy (non-hydrogen) atoms. The van der Waals surface area contributed by atoms with Crippen LogP contribution >= 0.6 is 0 Å². The standard InChI is InChI=1S/C19H29NO6S/c1-15-7-5-6-8-17(15)27(22,23)25-14-13-24-16-9-11-20(12-10-16)18(21)26-19(2,3)4/h5-8,16H,9-14H2,1-4H3. The number of carbonyl (C=O) groups excluding carboxylic acids is 1. The van der Waals surface area contributed by atoms with Crippen molar-refractivity contribution in [1.82, 2.24) is 4.90 Å². The van der Waals surface area contributed by atoms with E-state index in [4.69, 9.17) is 13.7 Å². The Morgan fingerprint density at radius 1 is 1.15 bits per heavy atom. The lowest BCUT2D eigenvalue weighted by Crippen LogP contribution is -2.43. The first-order valence-electron chi connectivity index (χ1n) is 9.13. The van der Waals surface area contributed by atoms with Crippen LogP contribution in [-0.2, 0) is 23.8 Å². The highest BCUT2D eigenvalue weighted by atomic mass is 32.2. The lowest BCUT2D eigenvalue weighted by molar-refractivity contribution is -0.0173. The maximum Gasteiger partial charge on any atom is 0.410 e. The molecule has 0 unspecified atom stereocenters. The predicted molar refractivity (Wildman–Crippen MR) is 101 cm³/mol. The number of hydrogen-bond acceptors (Lipinski definition) is 6. The number of piperidine rings is 1. The first kappa shape index (κ1) is 21.7. The molecule has 1 aliphatic heterocycles. The van der Waals surface area contributed by atoms with Crippen molar-refractivity contribution < 1.29 is 26.9 Å². The van der Waals surface area contributed by atoms with Gasteiger partial charge in [-0.15, -0.1) is 0 Å². The molecule has 1 aromatic rings. The summed E-state index contributed by atoms with van der Waals surface area (Å²) in [5.74, 6) is 0. The highest BCUT2D eigenvalue weighted by Gasteiger charge is 2.27. The zero-order valence-corrected chi connectivity index (χ0v) is 17.3. The molecule has 8 heteroatoms. The number of aryl methyl sites for hydroxylation is 1. The van der Waals surface area contributed by atoms with Gasteiger partial charge in [0, 0.05) is 13.1 Å². The smallest absolute Gasteiger partial charge is 0.410 e. The Morgan fingerprint density at radius 3 is 2.37 bits per heavy atom. The number of amides is 1. The van der Waals surface area contributed by atoms with Gasteiger partial charge in [-0.25, -0.2) is 4.79 Å². The largest absolute Gasteiger partial charge is 0.444 e. The average Bonchev–Trinajstić information content (AvgIpc) is 2.58. The van der Waals surface area contributed by atoms with E-state index in [0.717, 1.165) is 0 Å². The van der Waals surface area contributed by atoms with Gasteiger partial charge in [0.1, 0.15) is 5.60 Å². The summed E-state index contributed by atoms with van der Waals surface area (Å²) in [5.41, 5.74) is 0.137. The number of nitrogens with zero attached hydrogens (tertiary/aromatic N) is 1. The number of ether oxygens (including phenoxy) is 2. The molecule has 0 aliphatic carbocycles. The van der Waals surface area contributed by atoms with E-state index in [2.05, 4.69) is 0 Å². The van der Waals surface area contributed by atoms with Crippen LogP contribution in [0.15, 0.2) is 29.2 Å². The quantitative estimate of drug-likeness (QED) is 0.540. The van der Waals surface area contributed by atoms with Crippen molar-refractivity contribution in [2.75, 3.05) is 26.3 Å². The summed E-state index contributed by atoms with van der Waals surface area (Å²) in [5, 5.41) is 0. The first-order chi connectivity index (χ1) is 12.6. The van der Waals surface area contributed by atoms with E-state index in [-0.39, 0.29) is 30.3 Å². The fourth-order valence-electron chi connectivity index (χ4n) is 2.79. The molecule has 2 rings (SSSR count). The molecule has 1 fully saturated rings. The molecule has 0 radical (unpaired) electrons. The zero-order chi connectivity index (χ0) is 20.1. The summed E-state index contributed by atoms with van der Waals surface area (Å²) in [6.45, 7) is 8.50. The predicted octanol–water partition coefficient (Wildman–Crippen LogP) is 3.12. The van der Waals surface area contributed by atoms with E-state index < -0.39 is 15.7 Å². The Morgan fingerprint density at radius 2 is 1.78 bits per heavy atom. The Labute approximate surface area is 161 Å². The van der Waals surface area contributed by atoms with Crippen molar-refractivity contribution in [3.05, 3.63) is 29.8 Å². The summed E-state index contributed by atoms with van der Waals surface area (Å²) >= 11 is 0. The molecule has 0 spiro atoms. The summed E-state index contributed by atoms with van der Waals surface area (Å²) < 4.78 is 40.5. The molecule has 1 aliphatic rings. The van der Waals surface area contributed by atoms with Crippen molar-refractivity contribution in [2.24, 2.45) is 0 Å². The molecule has 0 atom stereocenters. The van der Waals surface area contributed by atoms with Crippen LogP contribution in [0, 0.1) is 6.92 Å². The minimum absolute atomic E-state index is 0.0200. The number of likely N-dealkylation sites (tertiary alicyclic amines) is 1. The van der Waals surface area contributed by atoms with Crippen molar-refractivity contribution in [3.8, 4) is 0 Å². The van der Waals surface area contributed by atoms with Crippen LogP contribution in [0.2, 0.25) is 0 Å². The van der Waals surface area contributed by atoms with Crippen LogP contribution < -0.4 is 0 Å². The highest BCUT2D eigenvalue weighted by molar-refractivity contribution is 7.86. The van der Waals surface area contributed by atoms with Crippen LogP contribution in [0.25, 0.3) is 0 Å². The van der Waals surface area contributed by atoms with Crippen molar-refractivity contribution >= 4 is 16.2 Å². The zero-order valence-electron chi connectivity index (χ0n) is 16.4. The number of carbonyl (C=O) groups is 1. The van der Waals surface area contributed by atoms with Crippen LogP contribution in [0.3, 0.4) is 0 Å². The fraction of sp³-hybridized carbons (Fsp3) is 0.632.